The molecule has 1 saturated heterocycles. The molecule has 0 bridgehead atoms. The van der Waals surface area contributed by atoms with Gasteiger partial charge in [0.2, 0.25) is 5.91 Å². The van der Waals surface area contributed by atoms with Gasteiger partial charge in [0.15, 0.2) is 11.5 Å². The molecule has 24 heavy (non-hydrogen) atoms. The SMILES string of the molecule is COc1cc(OC)c(OC)cc1CNC(=O)CN1CCNC[C@@H]1C. The first kappa shape index (κ1) is 18.4. The minimum absolute atomic E-state index is 0.000544. The molecule has 0 radical (unpaired) electrons. The zero-order valence-corrected chi connectivity index (χ0v) is 14.8. The number of nitrogens with one attached hydrogen (secondary N) is 2. The zero-order chi connectivity index (χ0) is 17.5. The molecule has 1 heterocycles. The minimum atomic E-state index is 0.000544. The van der Waals surface area contributed by atoms with Gasteiger partial charge < -0.3 is 24.8 Å². The number of benzene rings is 1. The van der Waals surface area contributed by atoms with Crippen molar-refractivity contribution in [3.63, 3.8) is 0 Å². The Labute approximate surface area is 143 Å². The van der Waals surface area contributed by atoms with E-state index in [4.69, 9.17) is 14.2 Å². The van der Waals surface area contributed by atoms with Gasteiger partial charge in [-0.25, -0.2) is 0 Å². The van der Waals surface area contributed by atoms with Crippen molar-refractivity contribution in [3.05, 3.63) is 17.7 Å². The standard InChI is InChI=1S/C17H27N3O4/c1-12-9-18-5-6-20(12)11-17(21)19-10-13-7-15(23-3)16(24-4)8-14(13)22-2/h7-8,12,18H,5-6,9-11H2,1-4H3,(H,19,21)/t12-/m0/s1. The van der Waals surface area contributed by atoms with Gasteiger partial charge >= 0.3 is 0 Å². The second-order valence-corrected chi connectivity index (χ2v) is 5.82. The molecule has 0 spiro atoms. The quantitative estimate of drug-likeness (QED) is 0.760. The second-order valence-electron chi connectivity index (χ2n) is 5.82. The van der Waals surface area contributed by atoms with Crippen molar-refractivity contribution in [2.45, 2.75) is 19.5 Å². The van der Waals surface area contributed by atoms with Crippen molar-refractivity contribution in [2.75, 3.05) is 47.5 Å². The molecule has 0 aliphatic carbocycles. The Balaban J connectivity index is 1.98. The molecule has 1 fully saturated rings. The summed E-state index contributed by atoms with van der Waals surface area (Å²) in [7, 11) is 4.75. The van der Waals surface area contributed by atoms with Crippen LogP contribution in [0.4, 0.5) is 0 Å². The highest BCUT2D eigenvalue weighted by atomic mass is 16.5. The number of hydrogen-bond acceptors (Lipinski definition) is 6. The van der Waals surface area contributed by atoms with Crippen LogP contribution in [-0.2, 0) is 11.3 Å². The van der Waals surface area contributed by atoms with Crippen molar-refractivity contribution in [1.29, 1.82) is 0 Å². The second kappa shape index (κ2) is 8.75. The fourth-order valence-corrected chi connectivity index (χ4v) is 2.78. The highest BCUT2D eigenvalue weighted by Gasteiger charge is 2.20. The molecule has 0 saturated carbocycles. The van der Waals surface area contributed by atoms with Crippen molar-refractivity contribution in [2.24, 2.45) is 0 Å². The summed E-state index contributed by atoms with van der Waals surface area (Å²) in [6.45, 7) is 5.62. The topological polar surface area (TPSA) is 72.1 Å². The summed E-state index contributed by atoms with van der Waals surface area (Å²) < 4.78 is 16.0. The first-order valence-electron chi connectivity index (χ1n) is 8.09. The normalized spacial score (nSPS) is 18.1. The maximum absolute atomic E-state index is 12.2. The van der Waals surface area contributed by atoms with Crippen LogP contribution in [-0.4, -0.2) is 64.4 Å². The summed E-state index contributed by atoms with van der Waals surface area (Å²) in [6, 6.07) is 3.95. The maximum atomic E-state index is 12.2. The van der Waals surface area contributed by atoms with Crippen molar-refractivity contribution in [1.82, 2.24) is 15.5 Å². The lowest BCUT2D eigenvalue weighted by Crippen LogP contribution is -2.52. The largest absolute Gasteiger partial charge is 0.496 e. The van der Waals surface area contributed by atoms with E-state index in [1.807, 2.05) is 6.07 Å². The average Bonchev–Trinajstić information content (AvgIpc) is 2.61. The van der Waals surface area contributed by atoms with E-state index in [2.05, 4.69) is 22.5 Å². The molecule has 0 unspecified atom stereocenters. The van der Waals surface area contributed by atoms with Crippen LogP contribution in [0.1, 0.15) is 12.5 Å². The summed E-state index contributed by atoms with van der Waals surface area (Å²) >= 11 is 0. The van der Waals surface area contributed by atoms with E-state index in [0.29, 0.717) is 36.4 Å². The predicted molar refractivity (Wildman–Crippen MR) is 91.8 cm³/mol. The predicted octanol–water partition coefficient (Wildman–Crippen LogP) is 0.622. The highest BCUT2D eigenvalue weighted by Crippen LogP contribution is 2.34. The number of nitrogens with zero attached hydrogens (tertiary/aromatic N) is 1. The Kier molecular flexibility index (Phi) is 6.69. The monoisotopic (exact) mass is 337 g/mol. The first-order valence-corrected chi connectivity index (χ1v) is 8.09. The highest BCUT2D eigenvalue weighted by molar-refractivity contribution is 5.78. The number of hydrogen-bond donors (Lipinski definition) is 2. The molecule has 1 aromatic rings. The van der Waals surface area contributed by atoms with Gasteiger partial charge in [0.25, 0.3) is 0 Å². The number of carbonyl (C=O) groups excluding carboxylic acids is 1. The van der Waals surface area contributed by atoms with E-state index in [1.165, 1.54) is 0 Å². The smallest absolute Gasteiger partial charge is 0.234 e. The number of rotatable bonds is 7. The van der Waals surface area contributed by atoms with Crippen LogP contribution in [0.2, 0.25) is 0 Å². The number of amides is 1. The Hall–Kier alpha value is -1.99. The summed E-state index contributed by atoms with van der Waals surface area (Å²) in [6.07, 6.45) is 0. The van der Waals surface area contributed by atoms with Gasteiger partial charge in [0, 0.05) is 43.9 Å². The van der Waals surface area contributed by atoms with Crippen LogP contribution < -0.4 is 24.8 Å². The van der Waals surface area contributed by atoms with Crippen molar-refractivity contribution >= 4 is 5.91 Å². The van der Waals surface area contributed by atoms with Gasteiger partial charge in [0.1, 0.15) is 5.75 Å². The van der Waals surface area contributed by atoms with E-state index >= 15 is 0 Å². The van der Waals surface area contributed by atoms with E-state index < -0.39 is 0 Å². The summed E-state index contributed by atoms with van der Waals surface area (Å²) in [5.41, 5.74) is 0.844. The lowest BCUT2D eigenvalue weighted by molar-refractivity contribution is -0.123. The first-order chi connectivity index (χ1) is 11.6. The van der Waals surface area contributed by atoms with Crippen LogP contribution in [0.5, 0.6) is 17.2 Å². The molecule has 1 aliphatic heterocycles. The molecule has 134 valence electrons. The third-order valence-electron chi connectivity index (χ3n) is 4.25. The van der Waals surface area contributed by atoms with E-state index in [-0.39, 0.29) is 5.91 Å². The Morgan fingerprint density at radius 3 is 2.50 bits per heavy atom. The van der Waals surface area contributed by atoms with Crippen LogP contribution in [0.15, 0.2) is 12.1 Å². The summed E-state index contributed by atoms with van der Waals surface area (Å²) in [4.78, 5) is 14.4. The van der Waals surface area contributed by atoms with Crippen LogP contribution in [0.3, 0.4) is 0 Å². The van der Waals surface area contributed by atoms with Gasteiger partial charge in [-0.2, -0.15) is 0 Å². The van der Waals surface area contributed by atoms with Crippen LogP contribution in [0.25, 0.3) is 0 Å². The number of methoxy groups -OCH3 is 3. The molecular weight excluding hydrogens is 310 g/mol. The van der Waals surface area contributed by atoms with Crippen molar-refractivity contribution < 1.29 is 19.0 Å². The summed E-state index contributed by atoms with van der Waals surface area (Å²) in [5, 5.41) is 6.27. The Morgan fingerprint density at radius 1 is 1.21 bits per heavy atom. The maximum Gasteiger partial charge on any atom is 0.234 e. The van der Waals surface area contributed by atoms with Gasteiger partial charge in [-0.05, 0) is 13.0 Å². The Morgan fingerprint density at radius 2 is 1.88 bits per heavy atom. The van der Waals surface area contributed by atoms with E-state index in [0.717, 1.165) is 25.2 Å². The fraction of sp³-hybridized carbons (Fsp3) is 0.588. The molecule has 1 aliphatic rings. The lowest BCUT2D eigenvalue weighted by Gasteiger charge is -2.33. The average molecular weight is 337 g/mol. The van der Waals surface area contributed by atoms with E-state index in [9.17, 15) is 4.79 Å². The van der Waals surface area contributed by atoms with Crippen LogP contribution >= 0.6 is 0 Å². The molecule has 7 nitrogen and oxygen atoms in total. The van der Waals surface area contributed by atoms with Crippen LogP contribution in [0, 0.1) is 0 Å². The van der Waals surface area contributed by atoms with Gasteiger partial charge in [0.05, 0.1) is 27.9 Å². The number of ether oxygens (including phenoxy) is 3. The molecular formula is C17H27N3O4. The third kappa shape index (κ3) is 4.52. The molecule has 7 heteroatoms. The van der Waals surface area contributed by atoms with E-state index in [1.54, 1.807) is 27.4 Å². The van der Waals surface area contributed by atoms with Gasteiger partial charge in [-0.1, -0.05) is 0 Å². The van der Waals surface area contributed by atoms with Gasteiger partial charge in [-0.15, -0.1) is 0 Å². The minimum Gasteiger partial charge on any atom is -0.496 e. The third-order valence-corrected chi connectivity index (χ3v) is 4.25. The lowest BCUT2D eigenvalue weighted by atomic mass is 10.1. The molecule has 1 aromatic carbocycles. The molecule has 2 rings (SSSR count). The summed E-state index contributed by atoms with van der Waals surface area (Å²) in [5.74, 6) is 1.86. The molecule has 1 atom stereocenters. The van der Waals surface area contributed by atoms with Crippen molar-refractivity contribution in [3.8, 4) is 17.2 Å². The number of piperazine rings is 1. The van der Waals surface area contributed by atoms with Gasteiger partial charge in [-0.3, -0.25) is 9.69 Å². The Bertz CT molecular complexity index is 565. The molecule has 1 amide bonds. The molecule has 2 N–H and O–H groups in total. The fourth-order valence-electron chi connectivity index (χ4n) is 2.78. The molecule has 0 aromatic heterocycles. The number of carbonyl (C=O) groups is 1. The zero-order valence-electron chi connectivity index (χ0n) is 14.8.